The number of hydrogen-bond acceptors (Lipinski definition) is 1. The highest BCUT2D eigenvalue weighted by Crippen LogP contribution is 2.67. The van der Waals surface area contributed by atoms with E-state index in [0.717, 1.165) is 41.9 Å². The van der Waals surface area contributed by atoms with Crippen LogP contribution in [0.3, 0.4) is 0 Å². The summed E-state index contributed by atoms with van der Waals surface area (Å²) in [5.41, 5.74) is 2.03. The molecule has 2 saturated carbocycles. The molecule has 0 aromatic rings. The van der Waals surface area contributed by atoms with Gasteiger partial charge in [-0.2, -0.15) is 0 Å². The van der Waals surface area contributed by atoms with Crippen LogP contribution in [0, 0.1) is 52.3 Å². The Balaban J connectivity index is 1.59. The van der Waals surface area contributed by atoms with Crippen LogP contribution in [0.2, 0.25) is 0 Å². The first-order chi connectivity index (χ1) is 14.7. The van der Waals surface area contributed by atoms with Crippen LogP contribution in [0.15, 0.2) is 11.8 Å². The summed E-state index contributed by atoms with van der Waals surface area (Å²) in [4.78, 5) is 12.2. The number of piperidine rings is 1. The molecule has 0 aromatic carbocycles. The maximum absolute atomic E-state index is 12.2. The number of carbonyl (C=O) groups is 1. The van der Waals surface area contributed by atoms with Crippen molar-refractivity contribution in [3.63, 3.8) is 0 Å². The monoisotopic (exact) mass is 427 g/mol. The second-order valence-corrected chi connectivity index (χ2v) is 12.8. The number of allylic oxidation sites excluding steroid dienone is 2. The summed E-state index contributed by atoms with van der Waals surface area (Å²) in [6, 6.07) is 0. The Morgan fingerprint density at radius 2 is 1.84 bits per heavy atom. The van der Waals surface area contributed by atoms with Crippen molar-refractivity contribution < 1.29 is 4.79 Å². The molecule has 1 saturated heterocycles. The highest BCUT2D eigenvalue weighted by molar-refractivity contribution is 5.79. The molecule has 1 unspecified atom stereocenters. The van der Waals surface area contributed by atoms with Crippen LogP contribution in [0.25, 0.3) is 0 Å². The van der Waals surface area contributed by atoms with E-state index in [-0.39, 0.29) is 11.3 Å². The van der Waals surface area contributed by atoms with Gasteiger partial charge in [-0.15, -0.1) is 0 Å². The molecule has 1 aliphatic heterocycles. The first kappa shape index (κ1) is 23.4. The Morgan fingerprint density at radius 3 is 2.55 bits per heavy atom. The van der Waals surface area contributed by atoms with E-state index in [0.29, 0.717) is 17.8 Å². The van der Waals surface area contributed by atoms with Gasteiger partial charge in [0, 0.05) is 17.5 Å². The molecule has 0 radical (unpaired) electrons. The van der Waals surface area contributed by atoms with Gasteiger partial charge in [0.25, 0.3) is 0 Å². The van der Waals surface area contributed by atoms with Gasteiger partial charge in [-0.1, -0.05) is 73.3 Å². The molecule has 2 nitrogen and oxygen atoms in total. The number of fused-ring (bicyclic) bond motifs is 5. The van der Waals surface area contributed by atoms with Crippen LogP contribution in [-0.4, -0.2) is 5.91 Å². The number of hydrogen-bond donors (Lipinski definition) is 1. The molecule has 0 spiro atoms. The van der Waals surface area contributed by atoms with Gasteiger partial charge in [-0.3, -0.25) is 4.79 Å². The minimum absolute atomic E-state index is 0.200. The van der Waals surface area contributed by atoms with Gasteiger partial charge in [0.2, 0.25) is 5.91 Å². The molecular weight excluding hydrogens is 378 g/mol. The van der Waals surface area contributed by atoms with Crippen LogP contribution in [0.5, 0.6) is 0 Å². The molecule has 1 heterocycles. The van der Waals surface area contributed by atoms with Crippen molar-refractivity contribution in [3.05, 3.63) is 11.8 Å². The third-order valence-electron chi connectivity index (χ3n) is 10.6. The minimum Gasteiger partial charge on any atom is -0.330 e. The summed E-state index contributed by atoms with van der Waals surface area (Å²) in [5, 5.41) is 3.33. The summed E-state index contributed by atoms with van der Waals surface area (Å²) in [5.74, 6) is 6.00. The Morgan fingerprint density at radius 1 is 1.06 bits per heavy atom. The smallest absolute Gasteiger partial charge is 0.224 e. The van der Waals surface area contributed by atoms with Crippen LogP contribution in [0.1, 0.15) is 112 Å². The number of rotatable bonds is 7. The molecule has 0 bridgehead atoms. The van der Waals surface area contributed by atoms with Crippen molar-refractivity contribution >= 4 is 5.91 Å². The molecule has 0 aromatic heterocycles. The summed E-state index contributed by atoms with van der Waals surface area (Å²) in [6.45, 7) is 14.8. The van der Waals surface area contributed by atoms with Crippen molar-refractivity contribution in [2.24, 2.45) is 52.3 Å². The molecule has 4 rings (SSSR count). The fourth-order valence-electron chi connectivity index (χ4n) is 8.97. The van der Waals surface area contributed by atoms with Crippen molar-refractivity contribution in [2.75, 3.05) is 0 Å². The van der Waals surface area contributed by atoms with Crippen molar-refractivity contribution in [1.29, 1.82) is 0 Å². The molecule has 4 aliphatic rings. The third kappa shape index (κ3) is 4.04. The number of amides is 1. The highest BCUT2D eigenvalue weighted by Gasteiger charge is 2.61. The maximum atomic E-state index is 12.2. The van der Waals surface area contributed by atoms with Crippen LogP contribution in [0.4, 0.5) is 0 Å². The second kappa shape index (κ2) is 8.86. The zero-order chi connectivity index (χ0) is 22.4. The minimum atomic E-state index is 0.200. The van der Waals surface area contributed by atoms with E-state index in [1.807, 2.05) is 0 Å². The molecule has 31 heavy (non-hydrogen) atoms. The molecule has 176 valence electrons. The van der Waals surface area contributed by atoms with Crippen molar-refractivity contribution in [1.82, 2.24) is 5.32 Å². The lowest BCUT2D eigenvalue weighted by atomic mass is 9.46. The predicted molar refractivity (Wildman–Crippen MR) is 130 cm³/mol. The average molecular weight is 428 g/mol. The summed E-state index contributed by atoms with van der Waals surface area (Å²) >= 11 is 0. The highest BCUT2D eigenvalue weighted by atomic mass is 16.1. The standard InChI is InChI=1S/C29H49NO/c1-7-9-21-18-25-29(6,17-15-26(31)30-25)24-14-16-28(5)22(12-13-23(28)27(21)24)20(4)11-8-10-19(2)3/h18-24,27H,7-17H2,1-6H3,(H,30,31)/t20-,21?,22-,23+,24+,27+,28-,29-/m1/s1. The zero-order valence-electron chi connectivity index (χ0n) is 21.3. The Labute approximate surface area is 192 Å². The number of carbonyl (C=O) groups excluding carboxylic acids is 1. The van der Waals surface area contributed by atoms with Gasteiger partial charge < -0.3 is 5.32 Å². The van der Waals surface area contributed by atoms with E-state index >= 15 is 0 Å². The molecule has 1 N–H and O–H groups in total. The Kier molecular flexibility index (Phi) is 6.68. The van der Waals surface area contributed by atoms with Crippen LogP contribution >= 0.6 is 0 Å². The Bertz CT molecular complexity index is 695. The van der Waals surface area contributed by atoms with E-state index in [2.05, 4.69) is 52.9 Å². The van der Waals surface area contributed by atoms with Gasteiger partial charge in [-0.25, -0.2) is 0 Å². The van der Waals surface area contributed by atoms with E-state index in [9.17, 15) is 4.79 Å². The summed E-state index contributed by atoms with van der Waals surface area (Å²) < 4.78 is 0. The average Bonchev–Trinajstić information content (AvgIpc) is 3.06. The SMILES string of the molecule is CCCC1C=C2NC(=O)CC[C@]2(C)[C@H]2CC[C@]3(C)[C@@H]([C@H](C)CCCC(C)C)CC[C@H]3[C@H]12. The summed E-state index contributed by atoms with van der Waals surface area (Å²) in [7, 11) is 0. The first-order valence-corrected chi connectivity index (χ1v) is 13.7. The second-order valence-electron chi connectivity index (χ2n) is 12.8. The predicted octanol–water partition coefficient (Wildman–Crippen LogP) is 7.74. The summed E-state index contributed by atoms with van der Waals surface area (Å²) in [6.07, 6.45) is 16.8. The van der Waals surface area contributed by atoms with E-state index in [1.165, 1.54) is 63.5 Å². The van der Waals surface area contributed by atoms with E-state index < -0.39 is 0 Å². The van der Waals surface area contributed by atoms with Crippen molar-refractivity contribution in [2.45, 2.75) is 112 Å². The lowest BCUT2D eigenvalue weighted by molar-refractivity contribution is -0.126. The largest absolute Gasteiger partial charge is 0.330 e. The Hall–Kier alpha value is -0.790. The van der Waals surface area contributed by atoms with Gasteiger partial charge in [0.05, 0.1) is 0 Å². The molecule has 2 heteroatoms. The normalized spacial score (nSPS) is 43.0. The van der Waals surface area contributed by atoms with Crippen LogP contribution < -0.4 is 5.32 Å². The van der Waals surface area contributed by atoms with Crippen molar-refractivity contribution in [3.8, 4) is 0 Å². The van der Waals surface area contributed by atoms with E-state index in [4.69, 9.17) is 0 Å². The number of nitrogens with one attached hydrogen (secondary N) is 1. The molecule has 1 amide bonds. The lowest BCUT2D eigenvalue weighted by Crippen LogP contribution is -2.55. The van der Waals surface area contributed by atoms with Gasteiger partial charge >= 0.3 is 0 Å². The lowest BCUT2D eigenvalue weighted by Gasteiger charge is -2.60. The first-order valence-electron chi connectivity index (χ1n) is 13.7. The topological polar surface area (TPSA) is 29.1 Å². The maximum Gasteiger partial charge on any atom is 0.224 e. The van der Waals surface area contributed by atoms with Gasteiger partial charge in [0.15, 0.2) is 0 Å². The zero-order valence-corrected chi connectivity index (χ0v) is 21.3. The van der Waals surface area contributed by atoms with Crippen LogP contribution in [-0.2, 0) is 4.79 Å². The van der Waals surface area contributed by atoms with Gasteiger partial charge in [-0.05, 0) is 85.4 Å². The van der Waals surface area contributed by atoms with Gasteiger partial charge in [0.1, 0.15) is 0 Å². The molecule has 8 atom stereocenters. The molecule has 3 fully saturated rings. The molecular formula is C29H49NO. The fraction of sp³-hybridized carbons (Fsp3) is 0.897. The fourth-order valence-corrected chi connectivity index (χ4v) is 8.97. The quantitative estimate of drug-likeness (QED) is 0.442. The van der Waals surface area contributed by atoms with E-state index in [1.54, 1.807) is 0 Å². The molecule has 3 aliphatic carbocycles. The third-order valence-corrected chi connectivity index (χ3v) is 10.6.